The molecule has 0 saturated carbocycles. The van der Waals surface area contributed by atoms with Crippen LogP contribution in [0.5, 0.6) is 0 Å². The van der Waals surface area contributed by atoms with Gasteiger partial charge in [-0.05, 0) is 46.9 Å². The molecule has 166 valence electrons. The van der Waals surface area contributed by atoms with Gasteiger partial charge >= 0.3 is 0 Å². The van der Waals surface area contributed by atoms with Crippen molar-refractivity contribution >= 4 is 11.8 Å². The minimum absolute atomic E-state index is 0.432. The first-order valence-corrected chi connectivity index (χ1v) is 11.5. The lowest BCUT2D eigenvalue weighted by molar-refractivity contribution is -0.231. The van der Waals surface area contributed by atoms with Gasteiger partial charge in [0.15, 0.2) is 0 Å². The summed E-state index contributed by atoms with van der Waals surface area (Å²) in [5, 5.41) is 50.1. The summed E-state index contributed by atoms with van der Waals surface area (Å²) in [6.45, 7) is 3.79. The fourth-order valence-corrected chi connectivity index (χ4v) is 4.54. The highest BCUT2D eigenvalue weighted by Crippen LogP contribution is 2.36. The molecule has 7 heteroatoms. The van der Waals surface area contributed by atoms with Crippen LogP contribution in [0, 0.1) is 11.3 Å². The van der Waals surface area contributed by atoms with Crippen molar-refractivity contribution in [2.75, 3.05) is 12.9 Å². The molecular formula is C24H29NO5S. The molecule has 0 unspecified atom stereocenters. The number of aliphatic hydroxyl groups excluding tert-OH is 4. The first-order valence-electron chi connectivity index (χ1n) is 10.3. The Morgan fingerprint density at radius 3 is 2.29 bits per heavy atom. The van der Waals surface area contributed by atoms with Gasteiger partial charge in [0.2, 0.25) is 0 Å². The van der Waals surface area contributed by atoms with Crippen LogP contribution in [0.4, 0.5) is 0 Å². The Labute approximate surface area is 187 Å². The molecule has 0 spiro atoms. The lowest BCUT2D eigenvalue weighted by atomic mass is 9.88. The third-order valence-corrected chi connectivity index (χ3v) is 6.56. The summed E-state index contributed by atoms with van der Waals surface area (Å²) in [5.41, 5.74) is 4.24. The predicted octanol–water partition coefficient (Wildman–Crippen LogP) is 2.51. The fraction of sp³-hybridized carbons (Fsp3) is 0.458. The smallest absolute Gasteiger partial charge is 0.113 e. The molecule has 1 heterocycles. The SMILES string of the molecule is CSc1cc([C@@H]2O[C@H](CO)[C@@H](O)[C@H](O)[C@H]2O)cc(Cc2ccc(C(C)C)cc2)c1C#N. The molecule has 2 aromatic rings. The number of nitriles is 1. The van der Waals surface area contributed by atoms with Crippen molar-refractivity contribution in [3.05, 3.63) is 64.2 Å². The van der Waals surface area contributed by atoms with E-state index in [0.717, 1.165) is 16.0 Å². The van der Waals surface area contributed by atoms with Crippen LogP contribution in [0.2, 0.25) is 0 Å². The molecule has 1 aliphatic rings. The van der Waals surface area contributed by atoms with Crippen LogP contribution in [0.1, 0.15) is 53.7 Å². The zero-order valence-electron chi connectivity index (χ0n) is 17.9. The fourth-order valence-electron chi connectivity index (χ4n) is 3.91. The highest BCUT2D eigenvalue weighted by atomic mass is 32.2. The molecule has 0 bridgehead atoms. The van der Waals surface area contributed by atoms with E-state index in [0.29, 0.717) is 23.5 Å². The number of rotatable bonds is 6. The maximum atomic E-state index is 10.5. The number of nitrogens with zero attached hydrogens (tertiary/aromatic N) is 1. The van der Waals surface area contributed by atoms with Gasteiger partial charge in [-0.1, -0.05) is 44.2 Å². The number of hydrogen-bond donors (Lipinski definition) is 4. The first kappa shape index (κ1) is 23.7. The molecule has 1 aliphatic heterocycles. The number of aliphatic hydroxyl groups is 4. The van der Waals surface area contributed by atoms with E-state index in [1.165, 1.54) is 17.3 Å². The van der Waals surface area contributed by atoms with Crippen molar-refractivity contribution in [3.8, 4) is 6.07 Å². The van der Waals surface area contributed by atoms with Crippen molar-refractivity contribution in [2.45, 2.75) is 61.6 Å². The lowest BCUT2D eigenvalue weighted by Gasteiger charge is -2.40. The zero-order chi connectivity index (χ0) is 22.7. The number of hydrogen-bond acceptors (Lipinski definition) is 7. The highest BCUT2D eigenvalue weighted by Gasteiger charge is 2.44. The minimum atomic E-state index is -1.45. The van der Waals surface area contributed by atoms with Gasteiger partial charge < -0.3 is 25.2 Å². The van der Waals surface area contributed by atoms with Crippen LogP contribution in [0.15, 0.2) is 41.3 Å². The van der Waals surface area contributed by atoms with E-state index in [9.17, 15) is 25.7 Å². The van der Waals surface area contributed by atoms with Crippen molar-refractivity contribution in [2.24, 2.45) is 0 Å². The molecule has 2 aromatic carbocycles. The largest absolute Gasteiger partial charge is 0.394 e. The van der Waals surface area contributed by atoms with Gasteiger partial charge in [-0.2, -0.15) is 5.26 Å². The average molecular weight is 444 g/mol. The van der Waals surface area contributed by atoms with E-state index in [4.69, 9.17) is 4.74 Å². The zero-order valence-corrected chi connectivity index (χ0v) is 18.7. The van der Waals surface area contributed by atoms with Crippen molar-refractivity contribution in [3.63, 3.8) is 0 Å². The van der Waals surface area contributed by atoms with Crippen LogP contribution in [0.3, 0.4) is 0 Å². The van der Waals surface area contributed by atoms with Crippen LogP contribution in [-0.4, -0.2) is 57.7 Å². The highest BCUT2D eigenvalue weighted by molar-refractivity contribution is 7.98. The van der Waals surface area contributed by atoms with Crippen LogP contribution >= 0.6 is 11.8 Å². The molecule has 4 N–H and O–H groups in total. The molecular weight excluding hydrogens is 414 g/mol. The molecule has 3 rings (SSSR count). The molecule has 5 atom stereocenters. The Bertz CT molecular complexity index is 938. The Morgan fingerprint density at radius 1 is 1.06 bits per heavy atom. The van der Waals surface area contributed by atoms with Gasteiger partial charge in [0.25, 0.3) is 0 Å². The topological polar surface area (TPSA) is 114 Å². The Hall–Kier alpha value is -1.92. The number of benzene rings is 2. The minimum Gasteiger partial charge on any atom is -0.394 e. The molecule has 31 heavy (non-hydrogen) atoms. The Balaban J connectivity index is 2.00. The second kappa shape index (κ2) is 10.1. The van der Waals surface area contributed by atoms with Gasteiger partial charge in [0, 0.05) is 4.90 Å². The lowest BCUT2D eigenvalue weighted by Crippen LogP contribution is -2.55. The molecule has 1 fully saturated rings. The van der Waals surface area contributed by atoms with Gasteiger partial charge in [0.1, 0.15) is 36.6 Å². The summed E-state index contributed by atoms with van der Waals surface area (Å²) >= 11 is 1.42. The Kier molecular flexibility index (Phi) is 7.76. The third-order valence-electron chi connectivity index (χ3n) is 5.80. The average Bonchev–Trinajstić information content (AvgIpc) is 2.77. The maximum absolute atomic E-state index is 10.5. The standard InChI is InChI=1S/C24H29NO5S/c1-13(2)15-6-4-14(5-7-15)8-16-9-17(10-20(31-3)18(16)11-25)24-23(29)22(28)21(27)19(12-26)30-24/h4-7,9-10,13,19,21-24,26-29H,8,12H2,1-3H3/t19-,21-,22+,23-,24+/m1/s1. The summed E-state index contributed by atoms with van der Waals surface area (Å²) in [7, 11) is 0. The van der Waals surface area contributed by atoms with E-state index in [2.05, 4.69) is 44.2 Å². The number of ether oxygens (including phenoxy) is 1. The van der Waals surface area contributed by atoms with E-state index in [1.807, 2.05) is 6.26 Å². The summed E-state index contributed by atoms with van der Waals surface area (Å²) in [5.74, 6) is 0.432. The molecule has 0 radical (unpaired) electrons. The second-order valence-corrected chi connectivity index (χ2v) is 9.04. The summed E-state index contributed by atoms with van der Waals surface area (Å²) in [6, 6.07) is 14.1. The normalized spacial score (nSPS) is 26.1. The van der Waals surface area contributed by atoms with Gasteiger partial charge in [-0.25, -0.2) is 0 Å². The molecule has 6 nitrogen and oxygen atoms in total. The quantitative estimate of drug-likeness (QED) is 0.507. The van der Waals surface area contributed by atoms with Gasteiger partial charge in [-0.3, -0.25) is 0 Å². The molecule has 0 aliphatic carbocycles. The van der Waals surface area contributed by atoms with E-state index < -0.39 is 37.1 Å². The van der Waals surface area contributed by atoms with Crippen LogP contribution in [-0.2, 0) is 11.2 Å². The van der Waals surface area contributed by atoms with E-state index in [1.54, 1.807) is 12.1 Å². The van der Waals surface area contributed by atoms with E-state index >= 15 is 0 Å². The molecule has 1 saturated heterocycles. The van der Waals surface area contributed by atoms with E-state index in [-0.39, 0.29) is 0 Å². The Morgan fingerprint density at radius 2 is 1.74 bits per heavy atom. The third kappa shape index (κ3) is 4.96. The van der Waals surface area contributed by atoms with Crippen molar-refractivity contribution in [1.29, 1.82) is 5.26 Å². The first-order chi connectivity index (χ1) is 14.8. The second-order valence-electron chi connectivity index (χ2n) is 8.19. The molecule has 0 aromatic heterocycles. The monoisotopic (exact) mass is 443 g/mol. The molecule has 0 amide bonds. The summed E-state index contributed by atoms with van der Waals surface area (Å²) in [6.07, 6.45) is -3.74. The predicted molar refractivity (Wildman–Crippen MR) is 119 cm³/mol. The van der Waals surface area contributed by atoms with Gasteiger partial charge in [-0.15, -0.1) is 11.8 Å². The maximum Gasteiger partial charge on any atom is 0.113 e. The summed E-state index contributed by atoms with van der Waals surface area (Å²) in [4.78, 5) is 0.741. The van der Waals surface area contributed by atoms with Crippen molar-refractivity contribution < 1.29 is 25.2 Å². The summed E-state index contributed by atoms with van der Waals surface area (Å²) < 4.78 is 5.73. The van der Waals surface area contributed by atoms with Crippen molar-refractivity contribution in [1.82, 2.24) is 0 Å². The van der Waals surface area contributed by atoms with Crippen LogP contribution < -0.4 is 0 Å². The van der Waals surface area contributed by atoms with Gasteiger partial charge in [0.05, 0.1) is 12.2 Å². The van der Waals surface area contributed by atoms with Crippen LogP contribution in [0.25, 0.3) is 0 Å². The number of thioether (sulfide) groups is 1.